The number of thioether (sulfide) groups is 1. The minimum atomic E-state index is -3.65. The summed E-state index contributed by atoms with van der Waals surface area (Å²) in [6.45, 7) is 0. The van der Waals surface area contributed by atoms with Crippen LogP contribution in [0, 0.1) is 0 Å². The molecular formula is C15H13N3O2S3. The molecule has 3 aromatic rings. The van der Waals surface area contributed by atoms with E-state index in [0.29, 0.717) is 11.0 Å². The van der Waals surface area contributed by atoms with Crippen LogP contribution in [0.15, 0.2) is 52.3 Å². The predicted molar refractivity (Wildman–Crippen MR) is 92.3 cm³/mol. The van der Waals surface area contributed by atoms with Gasteiger partial charge in [-0.2, -0.15) is 8.75 Å². The number of hydrogen-bond donors (Lipinski definition) is 1. The van der Waals surface area contributed by atoms with Gasteiger partial charge in [0.05, 0.1) is 11.7 Å². The first-order chi connectivity index (χ1) is 11.1. The standard InChI is InChI=1S/C15H13N3O2S3/c19-23(20,14-7-3-5-12-15(14)17-22-16-12)18-11-8-9-21-13-6-2-1-4-10(11)13/h1-7,11,18H,8-9H2/t11-/m0/s1. The number of benzene rings is 2. The van der Waals surface area contributed by atoms with Gasteiger partial charge in [0, 0.05) is 10.9 Å². The van der Waals surface area contributed by atoms with Gasteiger partial charge in [-0.25, -0.2) is 13.1 Å². The lowest BCUT2D eigenvalue weighted by Crippen LogP contribution is -2.30. The first-order valence-electron chi connectivity index (χ1n) is 7.10. The molecule has 0 radical (unpaired) electrons. The summed E-state index contributed by atoms with van der Waals surface area (Å²) in [6.07, 6.45) is 0.770. The van der Waals surface area contributed by atoms with Crippen molar-refractivity contribution in [3.05, 3.63) is 48.0 Å². The number of rotatable bonds is 3. The van der Waals surface area contributed by atoms with Crippen molar-refractivity contribution in [1.29, 1.82) is 0 Å². The maximum absolute atomic E-state index is 12.8. The van der Waals surface area contributed by atoms with E-state index in [0.717, 1.165) is 34.4 Å². The van der Waals surface area contributed by atoms with Crippen molar-refractivity contribution in [3.63, 3.8) is 0 Å². The Kier molecular flexibility index (Phi) is 3.84. The predicted octanol–water partition coefficient (Wildman–Crippen LogP) is 3.21. The molecule has 4 rings (SSSR count). The molecule has 2 aromatic carbocycles. The van der Waals surface area contributed by atoms with E-state index in [4.69, 9.17) is 0 Å². The molecule has 1 N–H and O–H groups in total. The molecule has 0 amide bonds. The van der Waals surface area contributed by atoms with E-state index >= 15 is 0 Å². The van der Waals surface area contributed by atoms with Crippen LogP contribution in [0.1, 0.15) is 18.0 Å². The van der Waals surface area contributed by atoms with Crippen LogP contribution >= 0.6 is 23.5 Å². The van der Waals surface area contributed by atoms with Gasteiger partial charge in [-0.1, -0.05) is 24.3 Å². The fraction of sp³-hybridized carbons (Fsp3) is 0.200. The molecule has 0 saturated heterocycles. The van der Waals surface area contributed by atoms with E-state index in [-0.39, 0.29) is 10.9 Å². The fourth-order valence-electron chi connectivity index (χ4n) is 2.71. The topological polar surface area (TPSA) is 72.0 Å². The highest BCUT2D eigenvalue weighted by Gasteiger charge is 2.27. The van der Waals surface area contributed by atoms with Gasteiger partial charge in [0.2, 0.25) is 10.0 Å². The molecule has 1 aliphatic heterocycles. The van der Waals surface area contributed by atoms with Crippen LogP contribution in [-0.4, -0.2) is 22.9 Å². The molecule has 0 spiro atoms. The molecule has 0 aliphatic carbocycles. The molecule has 23 heavy (non-hydrogen) atoms. The van der Waals surface area contributed by atoms with E-state index in [1.807, 2.05) is 24.3 Å². The van der Waals surface area contributed by atoms with Gasteiger partial charge >= 0.3 is 0 Å². The lowest BCUT2D eigenvalue weighted by molar-refractivity contribution is 0.546. The van der Waals surface area contributed by atoms with Crippen molar-refractivity contribution < 1.29 is 8.42 Å². The highest BCUT2D eigenvalue weighted by atomic mass is 32.2. The summed E-state index contributed by atoms with van der Waals surface area (Å²) in [4.78, 5) is 1.33. The first kappa shape index (κ1) is 15.1. The maximum atomic E-state index is 12.8. The molecule has 5 nitrogen and oxygen atoms in total. The summed E-state index contributed by atoms with van der Waals surface area (Å²) in [7, 11) is -3.65. The Morgan fingerprint density at radius 2 is 1.96 bits per heavy atom. The van der Waals surface area contributed by atoms with Crippen LogP contribution in [-0.2, 0) is 10.0 Å². The summed E-state index contributed by atoms with van der Waals surface area (Å²) in [5.41, 5.74) is 2.08. The van der Waals surface area contributed by atoms with E-state index < -0.39 is 10.0 Å². The number of fused-ring (bicyclic) bond motifs is 2. The molecule has 0 saturated carbocycles. The molecule has 118 valence electrons. The van der Waals surface area contributed by atoms with E-state index in [1.54, 1.807) is 30.0 Å². The lowest BCUT2D eigenvalue weighted by atomic mass is 10.1. The monoisotopic (exact) mass is 363 g/mol. The zero-order chi connectivity index (χ0) is 15.9. The molecule has 0 bridgehead atoms. The van der Waals surface area contributed by atoms with Gasteiger partial charge in [0.25, 0.3) is 0 Å². The Morgan fingerprint density at radius 3 is 2.87 bits per heavy atom. The van der Waals surface area contributed by atoms with Crippen molar-refractivity contribution in [1.82, 2.24) is 13.5 Å². The zero-order valence-corrected chi connectivity index (χ0v) is 14.4. The second-order valence-electron chi connectivity index (χ2n) is 5.24. The number of hydrogen-bond acceptors (Lipinski definition) is 6. The van der Waals surface area contributed by atoms with E-state index in [9.17, 15) is 8.42 Å². The highest BCUT2D eigenvalue weighted by Crippen LogP contribution is 2.36. The lowest BCUT2D eigenvalue weighted by Gasteiger charge is -2.25. The molecule has 8 heteroatoms. The third-order valence-electron chi connectivity index (χ3n) is 3.79. The largest absolute Gasteiger partial charge is 0.243 e. The third-order valence-corrected chi connectivity index (χ3v) is 6.96. The average molecular weight is 363 g/mol. The van der Waals surface area contributed by atoms with Crippen molar-refractivity contribution in [3.8, 4) is 0 Å². The Morgan fingerprint density at radius 1 is 1.09 bits per heavy atom. The Bertz CT molecular complexity index is 969. The molecular weight excluding hydrogens is 350 g/mol. The Hall–Kier alpha value is -1.48. The number of nitrogens with one attached hydrogen (secondary N) is 1. The van der Waals surface area contributed by atoms with Crippen molar-refractivity contribution >= 4 is 44.5 Å². The van der Waals surface area contributed by atoms with Crippen molar-refractivity contribution in [2.45, 2.75) is 22.3 Å². The van der Waals surface area contributed by atoms with Gasteiger partial charge in [0.1, 0.15) is 15.9 Å². The summed E-state index contributed by atoms with van der Waals surface area (Å²) in [5.74, 6) is 0.895. The van der Waals surface area contributed by atoms with E-state index in [2.05, 4.69) is 13.5 Å². The second kappa shape index (κ2) is 5.86. The van der Waals surface area contributed by atoms with Crippen LogP contribution in [0.3, 0.4) is 0 Å². The Labute approximate surface area is 142 Å². The van der Waals surface area contributed by atoms with E-state index in [1.165, 1.54) is 0 Å². The number of nitrogens with zero attached hydrogens (tertiary/aromatic N) is 2. The van der Waals surface area contributed by atoms with Gasteiger partial charge in [0.15, 0.2) is 0 Å². The van der Waals surface area contributed by atoms with Crippen molar-refractivity contribution in [2.24, 2.45) is 0 Å². The number of aromatic nitrogens is 2. The van der Waals surface area contributed by atoms with Crippen LogP contribution in [0.2, 0.25) is 0 Å². The Balaban J connectivity index is 1.73. The minimum absolute atomic E-state index is 0.194. The van der Waals surface area contributed by atoms with Crippen LogP contribution in [0.5, 0.6) is 0 Å². The second-order valence-corrected chi connectivity index (χ2v) is 8.58. The fourth-order valence-corrected chi connectivity index (χ4v) is 5.85. The third kappa shape index (κ3) is 2.76. The van der Waals surface area contributed by atoms with Crippen LogP contribution < -0.4 is 4.72 Å². The summed E-state index contributed by atoms with van der Waals surface area (Å²) >= 11 is 2.78. The normalized spacial score (nSPS) is 18.0. The van der Waals surface area contributed by atoms with Gasteiger partial charge < -0.3 is 0 Å². The van der Waals surface area contributed by atoms with Crippen LogP contribution in [0.25, 0.3) is 11.0 Å². The molecule has 1 atom stereocenters. The van der Waals surface area contributed by atoms with Gasteiger partial charge in [-0.3, -0.25) is 0 Å². The quantitative estimate of drug-likeness (QED) is 0.774. The summed E-state index contributed by atoms with van der Waals surface area (Å²) < 4.78 is 36.8. The molecule has 0 unspecified atom stereocenters. The summed E-state index contributed by atoms with van der Waals surface area (Å²) in [6, 6.07) is 12.8. The smallest absolute Gasteiger partial charge is 0.207 e. The van der Waals surface area contributed by atoms with Crippen LogP contribution in [0.4, 0.5) is 0 Å². The highest BCUT2D eigenvalue weighted by molar-refractivity contribution is 7.99. The van der Waals surface area contributed by atoms with Gasteiger partial charge in [-0.05, 0) is 35.9 Å². The maximum Gasteiger partial charge on any atom is 0.243 e. The first-order valence-corrected chi connectivity index (χ1v) is 10.3. The summed E-state index contributed by atoms with van der Waals surface area (Å²) in [5, 5.41) is 0. The number of sulfonamides is 1. The molecule has 0 fully saturated rings. The minimum Gasteiger partial charge on any atom is -0.207 e. The SMILES string of the molecule is O=S(=O)(N[C@H]1CCSc2ccccc21)c1cccc2nsnc12. The molecule has 2 heterocycles. The zero-order valence-electron chi connectivity index (χ0n) is 12.0. The molecule has 1 aromatic heterocycles. The average Bonchev–Trinajstić information content (AvgIpc) is 3.03. The van der Waals surface area contributed by atoms with Gasteiger partial charge in [-0.15, -0.1) is 11.8 Å². The molecule has 1 aliphatic rings. The van der Waals surface area contributed by atoms with Crippen molar-refractivity contribution in [2.75, 3.05) is 5.75 Å².